The first kappa shape index (κ1) is 14.8. The van der Waals surface area contributed by atoms with Crippen LogP contribution in [0.5, 0.6) is 0 Å². The molecule has 1 aliphatic heterocycles. The van der Waals surface area contributed by atoms with E-state index in [0.717, 1.165) is 6.42 Å². The number of aliphatic hydroxyl groups excluding tert-OH is 1. The second-order valence-electron chi connectivity index (χ2n) is 5.22. The van der Waals surface area contributed by atoms with E-state index in [1.165, 1.54) is 4.90 Å². The number of carbonyl (C=O) groups is 2. The molecule has 0 aromatic rings. The molecule has 104 valence electrons. The maximum Gasteiger partial charge on any atom is 0.326 e. The van der Waals surface area contributed by atoms with Crippen molar-refractivity contribution >= 4 is 12.0 Å². The summed E-state index contributed by atoms with van der Waals surface area (Å²) in [7, 11) is 0. The van der Waals surface area contributed by atoms with Crippen molar-refractivity contribution in [2.24, 2.45) is 11.8 Å². The molecular formula is C12H22N2O4. The summed E-state index contributed by atoms with van der Waals surface area (Å²) in [6.07, 6.45) is 0.831. The van der Waals surface area contributed by atoms with Crippen molar-refractivity contribution < 1.29 is 19.8 Å². The van der Waals surface area contributed by atoms with Gasteiger partial charge >= 0.3 is 12.0 Å². The number of nitrogens with zero attached hydrogens (tertiary/aromatic N) is 1. The molecule has 1 saturated heterocycles. The van der Waals surface area contributed by atoms with Gasteiger partial charge in [0.2, 0.25) is 0 Å². The van der Waals surface area contributed by atoms with Crippen molar-refractivity contribution in [3.05, 3.63) is 0 Å². The second-order valence-corrected chi connectivity index (χ2v) is 5.22. The Balaban J connectivity index is 2.67. The van der Waals surface area contributed by atoms with Gasteiger partial charge in [0.15, 0.2) is 0 Å². The molecule has 3 atom stereocenters. The average molecular weight is 258 g/mol. The number of hydrogen-bond donors (Lipinski definition) is 3. The lowest BCUT2D eigenvalue weighted by molar-refractivity contribution is -0.140. The molecular weight excluding hydrogens is 236 g/mol. The van der Waals surface area contributed by atoms with E-state index in [9.17, 15) is 14.7 Å². The summed E-state index contributed by atoms with van der Waals surface area (Å²) in [4.78, 5) is 24.6. The van der Waals surface area contributed by atoms with Gasteiger partial charge in [-0.25, -0.2) is 9.59 Å². The van der Waals surface area contributed by atoms with Crippen LogP contribution in [0.3, 0.4) is 0 Å². The van der Waals surface area contributed by atoms with Gasteiger partial charge in [0.1, 0.15) is 6.04 Å². The highest BCUT2D eigenvalue weighted by atomic mass is 16.4. The van der Waals surface area contributed by atoms with Crippen LogP contribution in [-0.4, -0.2) is 52.3 Å². The lowest BCUT2D eigenvalue weighted by atomic mass is 10.0. The predicted molar refractivity (Wildman–Crippen MR) is 66.2 cm³/mol. The number of carboxylic acids is 1. The number of hydrogen-bond acceptors (Lipinski definition) is 3. The molecule has 6 nitrogen and oxygen atoms in total. The molecule has 2 amide bonds. The third-order valence-electron chi connectivity index (χ3n) is 3.54. The van der Waals surface area contributed by atoms with E-state index in [2.05, 4.69) is 5.32 Å². The molecule has 0 aliphatic carbocycles. The van der Waals surface area contributed by atoms with Gasteiger partial charge in [-0.05, 0) is 18.3 Å². The summed E-state index contributed by atoms with van der Waals surface area (Å²) in [5.41, 5.74) is 0. The molecule has 6 heteroatoms. The van der Waals surface area contributed by atoms with Crippen molar-refractivity contribution in [3.8, 4) is 0 Å². The second kappa shape index (κ2) is 6.04. The third-order valence-corrected chi connectivity index (χ3v) is 3.54. The topological polar surface area (TPSA) is 89.9 Å². The number of urea groups is 1. The molecule has 1 aliphatic rings. The van der Waals surface area contributed by atoms with Gasteiger partial charge in [-0.3, -0.25) is 0 Å². The van der Waals surface area contributed by atoms with Gasteiger partial charge in [0, 0.05) is 6.54 Å². The number of aliphatic hydroxyl groups is 1. The number of amides is 2. The molecule has 18 heavy (non-hydrogen) atoms. The molecule has 1 rings (SSSR count). The number of aliphatic carboxylic acids is 1. The van der Waals surface area contributed by atoms with Crippen LogP contribution in [0.2, 0.25) is 0 Å². The van der Waals surface area contributed by atoms with Gasteiger partial charge in [-0.15, -0.1) is 0 Å². The predicted octanol–water partition coefficient (Wildman–Crippen LogP) is 0.508. The van der Waals surface area contributed by atoms with E-state index < -0.39 is 18.0 Å². The Kier molecular flexibility index (Phi) is 4.95. The highest BCUT2D eigenvalue weighted by Gasteiger charge is 2.35. The lowest BCUT2D eigenvalue weighted by Crippen LogP contribution is -2.52. The van der Waals surface area contributed by atoms with Crippen molar-refractivity contribution in [1.82, 2.24) is 10.2 Å². The fraction of sp³-hybridized carbons (Fsp3) is 0.833. The summed E-state index contributed by atoms with van der Waals surface area (Å²) >= 11 is 0. The Morgan fingerprint density at radius 2 is 2.06 bits per heavy atom. The highest BCUT2D eigenvalue weighted by Crippen LogP contribution is 2.23. The summed E-state index contributed by atoms with van der Waals surface area (Å²) < 4.78 is 0. The van der Waals surface area contributed by atoms with Crippen LogP contribution in [0.1, 0.15) is 27.2 Å². The molecule has 1 heterocycles. The van der Waals surface area contributed by atoms with E-state index >= 15 is 0 Å². The Bertz CT molecular complexity index is 319. The fourth-order valence-electron chi connectivity index (χ4n) is 2.27. The first-order chi connectivity index (χ1) is 8.38. The van der Waals surface area contributed by atoms with Gasteiger partial charge in [-0.1, -0.05) is 20.8 Å². The zero-order valence-electron chi connectivity index (χ0n) is 11.1. The molecule has 0 radical (unpaired) electrons. The smallest absolute Gasteiger partial charge is 0.326 e. The largest absolute Gasteiger partial charge is 0.480 e. The van der Waals surface area contributed by atoms with E-state index in [1.54, 1.807) is 13.8 Å². The minimum Gasteiger partial charge on any atom is -0.480 e. The quantitative estimate of drug-likeness (QED) is 0.685. The summed E-state index contributed by atoms with van der Waals surface area (Å²) in [6.45, 7) is 5.94. The molecule has 0 spiro atoms. The molecule has 1 fully saturated rings. The van der Waals surface area contributed by atoms with E-state index in [0.29, 0.717) is 6.54 Å². The zero-order chi connectivity index (χ0) is 13.9. The van der Waals surface area contributed by atoms with Crippen molar-refractivity contribution in [1.29, 1.82) is 0 Å². The molecule has 0 saturated carbocycles. The Hall–Kier alpha value is -1.30. The van der Waals surface area contributed by atoms with E-state index in [1.807, 2.05) is 6.92 Å². The summed E-state index contributed by atoms with van der Waals surface area (Å²) in [6, 6.07) is -1.51. The number of likely N-dealkylation sites (tertiary alicyclic amines) is 1. The first-order valence-electron chi connectivity index (χ1n) is 6.29. The minimum atomic E-state index is -1.04. The molecule has 0 aromatic heterocycles. The molecule has 3 unspecified atom stereocenters. The third kappa shape index (κ3) is 3.13. The molecule has 3 N–H and O–H groups in total. The summed E-state index contributed by atoms with van der Waals surface area (Å²) in [5.74, 6) is -0.978. The number of carboxylic acid groups (broad SMARTS) is 1. The van der Waals surface area contributed by atoms with Crippen LogP contribution < -0.4 is 5.32 Å². The summed E-state index contributed by atoms with van der Waals surface area (Å²) in [5, 5.41) is 20.8. The van der Waals surface area contributed by atoms with Crippen molar-refractivity contribution in [3.63, 3.8) is 0 Å². The average Bonchev–Trinajstić information content (AvgIpc) is 2.65. The minimum absolute atomic E-state index is 0.0893. The van der Waals surface area contributed by atoms with Crippen LogP contribution in [0, 0.1) is 11.8 Å². The Morgan fingerprint density at radius 1 is 1.44 bits per heavy atom. The highest BCUT2D eigenvalue weighted by molar-refractivity contribution is 5.83. The number of rotatable bonds is 4. The van der Waals surface area contributed by atoms with Gasteiger partial charge in [0.05, 0.1) is 12.6 Å². The fourth-order valence-corrected chi connectivity index (χ4v) is 2.27. The van der Waals surface area contributed by atoms with Crippen LogP contribution in [-0.2, 0) is 4.79 Å². The van der Waals surface area contributed by atoms with Crippen LogP contribution in [0.4, 0.5) is 4.79 Å². The van der Waals surface area contributed by atoms with Crippen LogP contribution in [0.15, 0.2) is 0 Å². The SMILES string of the molecule is CC(C)C(NC(=O)N1CCC(C)C1CO)C(=O)O. The maximum atomic E-state index is 12.0. The van der Waals surface area contributed by atoms with Gasteiger partial charge in [-0.2, -0.15) is 0 Å². The standard InChI is InChI=1S/C12H22N2O4/c1-7(2)10(11(16)17)13-12(18)14-5-4-8(3)9(14)6-15/h7-10,15H,4-6H2,1-3H3,(H,13,18)(H,16,17). The van der Waals surface area contributed by atoms with Crippen LogP contribution in [0.25, 0.3) is 0 Å². The normalized spacial score (nSPS) is 25.3. The van der Waals surface area contributed by atoms with E-state index in [4.69, 9.17) is 5.11 Å². The maximum absolute atomic E-state index is 12.0. The van der Waals surface area contributed by atoms with Crippen molar-refractivity contribution in [2.45, 2.75) is 39.3 Å². The van der Waals surface area contributed by atoms with E-state index in [-0.39, 0.29) is 24.5 Å². The Labute approximate surface area is 107 Å². The number of nitrogens with one attached hydrogen (secondary N) is 1. The first-order valence-corrected chi connectivity index (χ1v) is 6.29. The van der Waals surface area contributed by atoms with Gasteiger partial charge in [0.25, 0.3) is 0 Å². The van der Waals surface area contributed by atoms with Crippen LogP contribution >= 0.6 is 0 Å². The lowest BCUT2D eigenvalue weighted by Gasteiger charge is -2.28. The monoisotopic (exact) mass is 258 g/mol. The Morgan fingerprint density at radius 3 is 2.50 bits per heavy atom. The molecule has 0 bridgehead atoms. The van der Waals surface area contributed by atoms with Crippen molar-refractivity contribution in [2.75, 3.05) is 13.2 Å². The van der Waals surface area contributed by atoms with Gasteiger partial charge < -0.3 is 20.4 Å². The zero-order valence-corrected chi connectivity index (χ0v) is 11.1. The molecule has 0 aromatic carbocycles. The number of carbonyl (C=O) groups excluding carboxylic acids is 1.